The molecule has 4 rings (SSSR count). The van der Waals surface area contributed by atoms with Crippen molar-refractivity contribution in [3.63, 3.8) is 0 Å². The van der Waals surface area contributed by atoms with Crippen LogP contribution >= 0.6 is 21.2 Å². The fraction of sp³-hybridized carbons (Fsp3) is 0.429. The minimum atomic E-state index is -0.186. The van der Waals surface area contributed by atoms with Crippen LogP contribution in [0.4, 0.5) is 10.1 Å². The van der Waals surface area contributed by atoms with E-state index in [1.54, 1.807) is 24.1 Å². The quantitative estimate of drug-likeness (QED) is 0.278. The average Bonchev–Trinajstić information content (AvgIpc) is 3.33. The SMILES string of the molecule is C#C/C(Nc1ccc(P)cc1)=C(/C)CC1(CN2CCCC2)CCCN(Sc2ccc(F)cc2)C1. The number of anilines is 1. The van der Waals surface area contributed by atoms with E-state index in [0.717, 1.165) is 54.1 Å². The first-order valence-electron chi connectivity index (χ1n) is 12.1. The molecule has 0 spiro atoms. The first kappa shape index (κ1) is 25.3. The minimum Gasteiger partial charge on any atom is -0.349 e. The zero-order valence-corrected chi connectivity index (χ0v) is 22.0. The highest BCUT2D eigenvalue weighted by Gasteiger charge is 2.38. The fourth-order valence-electron chi connectivity index (χ4n) is 5.26. The molecule has 0 aliphatic carbocycles. The van der Waals surface area contributed by atoms with Crippen molar-refractivity contribution in [1.82, 2.24) is 9.21 Å². The highest BCUT2D eigenvalue weighted by Crippen LogP contribution is 2.41. The van der Waals surface area contributed by atoms with Gasteiger partial charge in [0.1, 0.15) is 5.82 Å². The van der Waals surface area contributed by atoms with E-state index in [0.29, 0.717) is 0 Å². The normalized spacial score (nSPS) is 22.3. The summed E-state index contributed by atoms with van der Waals surface area (Å²) in [5, 5.41) is 4.63. The number of likely N-dealkylation sites (tertiary alicyclic amines) is 1. The van der Waals surface area contributed by atoms with Gasteiger partial charge in [-0.2, -0.15) is 0 Å². The van der Waals surface area contributed by atoms with Gasteiger partial charge >= 0.3 is 0 Å². The number of hydrogen-bond acceptors (Lipinski definition) is 4. The number of halogens is 1. The Bertz CT molecular complexity index is 1030. The van der Waals surface area contributed by atoms with Crippen molar-refractivity contribution in [2.45, 2.75) is 43.9 Å². The Morgan fingerprint density at radius 3 is 2.47 bits per heavy atom. The molecule has 6 heteroatoms. The maximum atomic E-state index is 13.4. The van der Waals surface area contributed by atoms with Crippen molar-refractivity contribution in [3.8, 4) is 12.3 Å². The number of piperidine rings is 1. The zero-order chi connectivity index (χ0) is 24.0. The number of nitrogens with one attached hydrogen (secondary N) is 1. The summed E-state index contributed by atoms with van der Waals surface area (Å²) in [5.74, 6) is 2.73. The van der Waals surface area contributed by atoms with Crippen LogP contribution in [0, 0.1) is 23.6 Å². The van der Waals surface area contributed by atoms with Gasteiger partial charge in [-0.15, -0.1) is 15.7 Å². The highest BCUT2D eigenvalue weighted by atomic mass is 32.2. The third-order valence-corrected chi connectivity index (χ3v) is 8.26. The van der Waals surface area contributed by atoms with Crippen LogP contribution in [0.3, 0.4) is 0 Å². The van der Waals surface area contributed by atoms with Crippen LogP contribution in [0.1, 0.15) is 39.0 Å². The predicted molar refractivity (Wildman–Crippen MR) is 147 cm³/mol. The monoisotopic (exact) mass is 495 g/mol. The molecule has 2 unspecified atom stereocenters. The van der Waals surface area contributed by atoms with Crippen molar-refractivity contribution in [2.24, 2.45) is 5.41 Å². The van der Waals surface area contributed by atoms with Crippen LogP contribution in [0.2, 0.25) is 0 Å². The Morgan fingerprint density at radius 1 is 1.09 bits per heavy atom. The lowest BCUT2D eigenvalue weighted by atomic mass is 9.75. The van der Waals surface area contributed by atoms with Gasteiger partial charge in [-0.05, 0) is 111 Å². The van der Waals surface area contributed by atoms with Gasteiger partial charge in [0.2, 0.25) is 0 Å². The Kier molecular flexibility index (Phi) is 8.72. The van der Waals surface area contributed by atoms with Crippen molar-refractivity contribution in [2.75, 3.05) is 38.0 Å². The number of benzene rings is 2. The van der Waals surface area contributed by atoms with Gasteiger partial charge in [-0.25, -0.2) is 8.70 Å². The Hall–Kier alpha value is -1.83. The van der Waals surface area contributed by atoms with E-state index in [9.17, 15) is 4.39 Å². The van der Waals surface area contributed by atoms with Gasteiger partial charge in [0.25, 0.3) is 0 Å². The largest absolute Gasteiger partial charge is 0.349 e. The molecule has 2 aliphatic heterocycles. The molecule has 0 radical (unpaired) electrons. The summed E-state index contributed by atoms with van der Waals surface area (Å²) in [7, 11) is 2.71. The van der Waals surface area contributed by atoms with Gasteiger partial charge < -0.3 is 10.2 Å². The Labute approximate surface area is 210 Å². The summed E-state index contributed by atoms with van der Waals surface area (Å²) >= 11 is 1.75. The molecular formula is C28H35FN3PS. The van der Waals surface area contributed by atoms with Gasteiger partial charge in [0.05, 0.1) is 5.70 Å². The molecule has 2 aliphatic rings. The third kappa shape index (κ3) is 6.86. The van der Waals surface area contributed by atoms with E-state index in [1.165, 1.54) is 37.9 Å². The summed E-state index contributed by atoms with van der Waals surface area (Å²) in [6, 6.07) is 15.1. The minimum absolute atomic E-state index is 0.146. The Balaban J connectivity index is 1.53. The van der Waals surface area contributed by atoms with Crippen LogP contribution in [0.25, 0.3) is 0 Å². The van der Waals surface area contributed by atoms with Gasteiger partial charge in [0.15, 0.2) is 0 Å². The molecule has 1 N–H and O–H groups in total. The molecule has 2 fully saturated rings. The summed E-state index contributed by atoms with van der Waals surface area (Å²) in [6.45, 7) is 7.72. The molecule has 2 aromatic rings. The van der Waals surface area contributed by atoms with Crippen LogP contribution in [-0.4, -0.2) is 41.9 Å². The molecule has 2 atom stereocenters. The lowest BCUT2D eigenvalue weighted by Crippen LogP contribution is -2.47. The molecule has 0 bridgehead atoms. The maximum Gasteiger partial charge on any atom is 0.123 e. The molecule has 34 heavy (non-hydrogen) atoms. The molecule has 2 aromatic carbocycles. The van der Waals surface area contributed by atoms with E-state index in [1.807, 2.05) is 12.1 Å². The van der Waals surface area contributed by atoms with Crippen LogP contribution in [0.5, 0.6) is 0 Å². The topological polar surface area (TPSA) is 18.5 Å². The predicted octanol–water partition coefficient (Wildman–Crippen LogP) is 5.92. The number of rotatable bonds is 8. The Morgan fingerprint density at radius 2 is 1.79 bits per heavy atom. The molecule has 2 saturated heterocycles. The lowest BCUT2D eigenvalue weighted by Gasteiger charge is -2.45. The number of allylic oxidation sites excluding steroid dienone is 2. The molecule has 180 valence electrons. The van der Waals surface area contributed by atoms with Crippen molar-refractivity contribution in [1.29, 1.82) is 0 Å². The molecule has 2 heterocycles. The second kappa shape index (κ2) is 11.7. The number of terminal acetylenes is 1. The van der Waals surface area contributed by atoms with Crippen LogP contribution < -0.4 is 10.6 Å². The summed E-state index contributed by atoms with van der Waals surface area (Å²) < 4.78 is 15.9. The van der Waals surface area contributed by atoms with E-state index in [2.05, 4.69) is 60.9 Å². The number of hydrogen-bond donors (Lipinski definition) is 1. The summed E-state index contributed by atoms with van der Waals surface area (Å²) in [6.07, 6.45) is 11.9. The van der Waals surface area contributed by atoms with Crippen molar-refractivity contribution in [3.05, 3.63) is 65.6 Å². The van der Waals surface area contributed by atoms with E-state index < -0.39 is 0 Å². The second-order valence-electron chi connectivity index (χ2n) is 9.72. The molecular weight excluding hydrogens is 460 g/mol. The van der Waals surface area contributed by atoms with E-state index >= 15 is 0 Å². The summed E-state index contributed by atoms with van der Waals surface area (Å²) in [4.78, 5) is 3.73. The fourth-order valence-corrected chi connectivity index (χ4v) is 6.56. The van der Waals surface area contributed by atoms with Crippen LogP contribution in [-0.2, 0) is 0 Å². The van der Waals surface area contributed by atoms with E-state index in [-0.39, 0.29) is 11.2 Å². The standard InChI is InChI=1S/C28H35FN3PS/c1-3-27(30-24-9-11-25(33)12-10-24)22(2)19-28(20-31-16-4-5-17-31)15-6-18-32(21-28)34-26-13-7-23(29)8-14-26/h1,7-14,30H,4-6,15-21,33H2,2H3/b27-22+. The maximum absolute atomic E-state index is 13.4. The first-order valence-corrected chi connectivity index (χ1v) is 13.5. The first-order chi connectivity index (χ1) is 16.4. The van der Waals surface area contributed by atoms with Gasteiger partial charge in [0, 0.05) is 35.6 Å². The van der Waals surface area contributed by atoms with Crippen LogP contribution in [0.15, 0.2) is 64.7 Å². The molecule has 0 aromatic heterocycles. The lowest BCUT2D eigenvalue weighted by molar-refractivity contribution is 0.0995. The molecule has 3 nitrogen and oxygen atoms in total. The van der Waals surface area contributed by atoms with Crippen molar-refractivity contribution < 1.29 is 4.39 Å². The van der Waals surface area contributed by atoms with Gasteiger partial charge in [-0.3, -0.25) is 0 Å². The van der Waals surface area contributed by atoms with Gasteiger partial charge in [-0.1, -0.05) is 18.1 Å². The average molecular weight is 496 g/mol. The third-order valence-electron chi connectivity index (χ3n) is 6.82. The smallest absolute Gasteiger partial charge is 0.123 e. The highest BCUT2D eigenvalue weighted by molar-refractivity contribution is 7.97. The molecule has 0 amide bonds. The second-order valence-corrected chi connectivity index (χ2v) is 11.6. The number of nitrogens with zero attached hydrogens (tertiary/aromatic N) is 2. The summed E-state index contributed by atoms with van der Waals surface area (Å²) in [5.41, 5.74) is 3.28. The van der Waals surface area contributed by atoms with E-state index in [4.69, 9.17) is 6.42 Å². The zero-order valence-electron chi connectivity index (χ0n) is 20.0. The van der Waals surface area contributed by atoms with Crippen molar-refractivity contribution >= 4 is 32.2 Å². The molecule has 0 saturated carbocycles.